The van der Waals surface area contributed by atoms with Gasteiger partial charge in [-0.25, -0.2) is 0 Å². The molecule has 19 heavy (non-hydrogen) atoms. The van der Waals surface area contributed by atoms with Crippen LogP contribution in [0.1, 0.15) is 57.3 Å². The number of nitrogens with one attached hydrogen (secondary N) is 1. The van der Waals surface area contributed by atoms with Gasteiger partial charge < -0.3 is 5.32 Å². The fraction of sp³-hybridized carbons (Fsp3) is 0.800. The largest absolute Gasteiger partial charge is 0.311 e. The van der Waals surface area contributed by atoms with Gasteiger partial charge in [0.25, 0.3) is 0 Å². The Morgan fingerprint density at radius 1 is 1.32 bits per heavy atom. The maximum Gasteiger partial charge on any atom is 0.0738 e. The van der Waals surface area contributed by atoms with Crippen molar-refractivity contribution in [2.24, 2.45) is 0 Å². The van der Waals surface area contributed by atoms with Crippen molar-refractivity contribution in [3.63, 3.8) is 0 Å². The molecule has 0 aliphatic carbocycles. The molecule has 0 amide bonds. The summed E-state index contributed by atoms with van der Waals surface area (Å²) in [7, 11) is 0. The van der Waals surface area contributed by atoms with Crippen LogP contribution in [0.5, 0.6) is 0 Å². The van der Waals surface area contributed by atoms with Gasteiger partial charge in [-0.15, -0.1) is 0 Å². The van der Waals surface area contributed by atoms with Crippen LogP contribution in [0.25, 0.3) is 0 Å². The fourth-order valence-corrected chi connectivity index (χ4v) is 3.57. The van der Waals surface area contributed by atoms with E-state index in [9.17, 15) is 0 Å². The van der Waals surface area contributed by atoms with Crippen molar-refractivity contribution < 1.29 is 0 Å². The summed E-state index contributed by atoms with van der Waals surface area (Å²) in [4.78, 5) is 0. The van der Waals surface area contributed by atoms with Crippen molar-refractivity contribution in [2.45, 2.75) is 71.4 Å². The zero-order valence-electron chi connectivity index (χ0n) is 12.4. The van der Waals surface area contributed by atoms with E-state index < -0.39 is 0 Å². The first-order chi connectivity index (χ1) is 9.12. The highest BCUT2D eigenvalue weighted by atomic mass is 79.9. The minimum atomic E-state index is 0.262. The lowest BCUT2D eigenvalue weighted by molar-refractivity contribution is 0.294. The van der Waals surface area contributed by atoms with Crippen molar-refractivity contribution in [1.29, 1.82) is 0 Å². The molecule has 1 N–H and O–H groups in total. The number of aromatic nitrogens is 2. The Hall–Kier alpha value is -0.350. The lowest BCUT2D eigenvalue weighted by atomic mass is 9.86. The Labute approximate surface area is 125 Å². The number of hydrogen-bond donors (Lipinski definition) is 1. The summed E-state index contributed by atoms with van der Waals surface area (Å²) in [5.74, 6) is 0. The van der Waals surface area contributed by atoms with Crippen LogP contribution in [0.3, 0.4) is 0 Å². The zero-order chi connectivity index (χ0) is 13.9. The first kappa shape index (κ1) is 15.0. The lowest BCUT2D eigenvalue weighted by Gasteiger charge is -2.33. The van der Waals surface area contributed by atoms with Gasteiger partial charge in [0, 0.05) is 18.5 Å². The molecule has 0 aromatic carbocycles. The van der Waals surface area contributed by atoms with Crippen molar-refractivity contribution in [3.8, 4) is 0 Å². The van der Waals surface area contributed by atoms with Gasteiger partial charge >= 0.3 is 0 Å². The minimum absolute atomic E-state index is 0.262. The van der Waals surface area contributed by atoms with Crippen LogP contribution >= 0.6 is 15.9 Å². The zero-order valence-corrected chi connectivity index (χ0v) is 14.0. The predicted octanol–water partition coefficient (Wildman–Crippen LogP) is 3.83. The van der Waals surface area contributed by atoms with Gasteiger partial charge in [0.2, 0.25) is 0 Å². The first-order valence-corrected chi connectivity index (χ1v) is 8.38. The smallest absolute Gasteiger partial charge is 0.0738 e. The Bertz CT molecular complexity index is 417. The third kappa shape index (κ3) is 3.22. The first-order valence-electron chi connectivity index (χ1n) is 7.58. The van der Waals surface area contributed by atoms with Gasteiger partial charge in [0.1, 0.15) is 0 Å². The van der Waals surface area contributed by atoms with Crippen LogP contribution in [-0.2, 0) is 13.0 Å². The normalized spacial score (nSPS) is 24.4. The minimum Gasteiger partial charge on any atom is -0.311 e. The number of halogens is 1. The summed E-state index contributed by atoms with van der Waals surface area (Å²) in [5.41, 5.74) is 2.73. The molecular weight excluding hydrogens is 302 g/mol. The molecule has 0 spiro atoms. The van der Waals surface area contributed by atoms with Crippen molar-refractivity contribution in [3.05, 3.63) is 15.9 Å². The molecule has 4 heteroatoms. The van der Waals surface area contributed by atoms with Gasteiger partial charge in [0.05, 0.1) is 15.9 Å². The second-order valence-corrected chi connectivity index (χ2v) is 6.50. The number of aryl methyl sites for hydroxylation is 2. The van der Waals surface area contributed by atoms with E-state index in [4.69, 9.17) is 0 Å². The van der Waals surface area contributed by atoms with Gasteiger partial charge in [-0.1, -0.05) is 19.8 Å². The van der Waals surface area contributed by atoms with Gasteiger partial charge in [0.15, 0.2) is 0 Å². The van der Waals surface area contributed by atoms with Crippen LogP contribution < -0.4 is 5.32 Å². The summed E-state index contributed by atoms with van der Waals surface area (Å²) >= 11 is 3.73. The Balaban J connectivity index is 2.26. The SMILES string of the molecule is CCn1nc(C)c(Br)c1CC1(CC)CCCCCN1. The maximum absolute atomic E-state index is 4.63. The molecule has 0 saturated carbocycles. The summed E-state index contributed by atoms with van der Waals surface area (Å²) in [6, 6.07) is 0. The summed E-state index contributed by atoms with van der Waals surface area (Å²) in [5, 5.41) is 8.44. The molecule has 2 rings (SSSR count). The average molecular weight is 328 g/mol. The van der Waals surface area contributed by atoms with E-state index in [0.717, 1.165) is 25.2 Å². The molecule has 3 nitrogen and oxygen atoms in total. The predicted molar refractivity (Wildman–Crippen MR) is 83.5 cm³/mol. The third-order valence-corrected chi connectivity index (χ3v) is 5.50. The molecule has 1 unspecified atom stereocenters. The van der Waals surface area contributed by atoms with E-state index in [1.54, 1.807) is 0 Å². The Morgan fingerprint density at radius 2 is 2.11 bits per heavy atom. The lowest BCUT2D eigenvalue weighted by Crippen LogP contribution is -2.46. The van der Waals surface area contributed by atoms with Crippen molar-refractivity contribution >= 4 is 15.9 Å². The molecule has 0 radical (unpaired) electrons. The molecule has 1 aliphatic heterocycles. The van der Waals surface area contributed by atoms with Gasteiger partial charge in [-0.2, -0.15) is 5.10 Å². The molecular formula is C15H26BrN3. The van der Waals surface area contributed by atoms with E-state index in [0.29, 0.717) is 0 Å². The van der Waals surface area contributed by atoms with E-state index >= 15 is 0 Å². The number of nitrogens with zero attached hydrogens (tertiary/aromatic N) is 2. The highest BCUT2D eigenvalue weighted by Crippen LogP contribution is 2.31. The van der Waals surface area contributed by atoms with Crippen LogP contribution in [0.2, 0.25) is 0 Å². The van der Waals surface area contributed by atoms with E-state index in [-0.39, 0.29) is 5.54 Å². The van der Waals surface area contributed by atoms with E-state index in [1.807, 2.05) is 0 Å². The topological polar surface area (TPSA) is 29.9 Å². The Kier molecular flexibility index (Phi) is 5.07. The highest BCUT2D eigenvalue weighted by molar-refractivity contribution is 9.10. The van der Waals surface area contributed by atoms with Gasteiger partial charge in [-0.3, -0.25) is 4.68 Å². The molecule has 1 fully saturated rings. The average Bonchev–Trinajstić information content (AvgIpc) is 2.63. The second-order valence-electron chi connectivity index (χ2n) is 5.71. The molecule has 0 bridgehead atoms. The number of rotatable bonds is 4. The van der Waals surface area contributed by atoms with E-state index in [2.05, 4.69) is 51.8 Å². The summed E-state index contributed by atoms with van der Waals surface area (Å²) < 4.78 is 3.36. The van der Waals surface area contributed by atoms with Crippen LogP contribution in [0.4, 0.5) is 0 Å². The third-order valence-electron chi connectivity index (χ3n) is 4.47. The second kappa shape index (κ2) is 6.40. The fourth-order valence-electron chi connectivity index (χ4n) is 3.14. The molecule has 108 valence electrons. The molecule has 1 atom stereocenters. The van der Waals surface area contributed by atoms with Crippen molar-refractivity contribution in [2.75, 3.05) is 6.54 Å². The highest BCUT2D eigenvalue weighted by Gasteiger charge is 2.31. The maximum atomic E-state index is 4.63. The Morgan fingerprint density at radius 3 is 2.79 bits per heavy atom. The van der Waals surface area contributed by atoms with E-state index in [1.165, 1.54) is 42.3 Å². The van der Waals surface area contributed by atoms with Crippen LogP contribution in [0.15, 0.2) is 4.47 Å². The van der Waals surface area contributed by atoms with Gasteiger partial charge in [-0.05, 0) is 55.6 Å². The monoisotopic (exact) mass is 327 g/mol. The van der Waals surface area contributed by atoms with Crippen LogP contribution in [0, 0.1) is 6.92 Å². The summed E-state index contributed by atoms with van der Waals surface area (Å²) in [6.07, 6.45) is 7.57. The quantitative estimate of drug-likeness (QED) is 0.910. The molecule has 1 aromatic rings. The molecule has 1 aromatic heterocycles. The summed E-state index contributed by atoms with van der Waals surface area (Å²) in [6.45, 7) is 8.67. The standard InChI is InChI=1S/C15H26BrN3/c1-4-15(9-7-6-8-10-17-15)11-13-14(16)12(3)18-19(13)5-2/h17H,4-11H2,1-3H3. The molecule has 1 aliphatic rings. The number of hydrogen-bond acceptors (Lipinski definition) is 2. The van der Waals surface area contributed by atoms with Crippen molar-refractivity contribution in [1.82, 2.24) is 15.1 Å². The molecule has 2 heterocycles. The molecule has 1 saturated heterocycles. The van der Waals surface area contributed by atoms with Crippen LogP contribution in [-0.4, -0.2) is 21.9 Å².